The van der Waals surface area contributed by atoms with Gasteiger partial charge in [-0.25, -0.2) is 8.78 Å². The minimum absolute atomic E-state index is 0.182. The molecule has 5 aromatic carbocycles. The summed E-state index contributed by atoms with van der Waals surface area (Å²) in [4.78, 5) is 34.0. The molecule has 4 aliphatic rings. The van der Waals surface area contributed by atoms with Crippen molar-refractivity contribution in [1.29, 1.82) is 0 Å². The second-order valence-electron chi connectivity index (χ2n) is 24.2. The lowest BCUT2D eigenvalue weighted by Crippen LogP contribution is -2.54. The number of benzene rings is 5. The van der Waals surface area contributed by atoms with E-state index in [9.17, 15) is 9.59 Å². The van der Waals surface area contributed by atoms with Gasteiger partial charge in [0, 0.05) is 89.2 Å². The standard InChI is InChI=1S/C25H24F2N2.C23H30N2O2.C15H21NO2S.2C5H10/c1-17-9-11-19(28-13-5-6-14-28)23(26)21(17)25(3,4)22-18(2)10-12-20(24(22)27)29-15-7-8-16-29;1-4-23(24(2)3,18-19-8-6-5-7-9-19)22(26)20-10-12-21(13-11-20)25-14-16-27-17-15-25;1-15(2,16-8-10-18-11-9-16)14(17)12-4-6-13(19-3)7-5-12;2*1-2-4-5-3-1/h5-16H,1-4H3;5-13H,4,14-18H2,1-3H3;4-7H,8-11H2,1-3H3;2*1-5H2. The molecule has 9 nitrogen and oxygen atoms in total. The van der Waals surface area contributed by atoms with Crippen LogP contribution in [0.4, 0.5) is 14.5 Å². The van der Waals surface area contributed by atoms with Crippen LogP contribution in [-0.2, 0) is 21.3 Å². The third-order valence-electron chi connectivity index (χ3n) is 17.6. The SMILES string of the molecule is C1CCCC1.C1CCCC1.CCC(Cc1ccccc1)(C(=O)c1ccc(N2CCOCC2)cc1)N(C)C.CSc1ccc(C(=O)C(C)(C)N2CCOCC2)cc1.Cc1ccc(-n2cccc2)c(F)c1C(C)(C)c1c(C)ccc(-n2cccc2)c1F. The molecule has 4 heterocycles. The maximum absolute atomic E-state index is 15.8. The summed E-state index contributed by atoms with van der Waals surface area (Å²) in [5.41, 5.74) is 5.57. The van der Waals surface area contributed by atoms with Crippen LogP contribution in [0.5, 0.6) is 0 Å². The normalized spacial score (nSPS) is 16.1. The first kappa shape index (κ1) is 66.4. The van der Waals surface area contributed by atoms with E-state index in [1.165, 1.54) is 74.7 Å². The number of morpholine rings is 2. The number of carbonyl (C=O) groups is 2. The fraction of sp³-hybridized carbons (Fsp3) is 0.452. The minimum atomic E-state index is -0.866. The highest BCUT2D eigenvalue weighted by molar-refractivity contribution is 7.98. The van der Waals surface area contributed by atoms with Gasteiger partial charge in [-0.2, -0.15) is 0 Å². The van der Waals surface area contributed by atoms with Gasteiger partial charge in [-0.05, 0) is 150 Å². The first-order valence-electron chi connectivity index (χ1n) is 31.0. The number of rotatable bonds is 15. The Morgan fingerprint density at radius 1 is 0.541 bits per heavy atom. The van der Waals surface area contributed by atoms with Crippen molar-refractivity contribution in [1.82, 2.24) is 18.9 Å². The predicted octanol–water partition coefficient (Wildman–Crippen LogP) is 16.8. The first-order valence-corrected chi connectivity index (χ1v) is 32.2. The molecule has 2 aromatic heterocycles. The van der Waals surface area contributed by atoms with E-state index in [0.717, 1.165) is 73.8 Å². The highest BCUT2D eigenvalue weighted by Crippen LogP contribution is 2.41. The van der Waals surface area contributed by atoms with Gasteiger partial charge in [-0.15, -0.1) is 11.8 Å². The molecule has 0 bridgehead atoms. The van der Waals surface area contributed by atoms with Crippen molar-refractivity contribution in [3.8, 4) is 11.4 Å². The highest BCUT2D eigenvalue weighted by atomic mass is 32.2. The number of anilines is 1. The summed E-state index contributed by atoms with van der Waals surface area (Å²) >= 11 is 1.69. The van der Waals surface area contributed by atoms with E-state index in [1.807, 2.05) is 178 Å². The Morgan fingerprint density at radius 2 is 0.953 bits per heavy atom. The molecule has 2 aliphatic heterocycles. The predicted molar refractivity (Wildman–Crippen MR) is 349 cm³/mol. The molecule has 0 amide bonds. The Morgan fingerprint density at radius 3 is 1.36 bits per heavy atom. The molecule has 0 spiro atoms. The lowest BCUT2D eigenvalue weighted by molar-refractivity contribution is -0.00430. The van der Waals surface area contributed by atoms with Crippen molar-refractivity contribution in [2.24, 2.45) is 0 Å². The lowest BCUT2D eigenvalue weighted by Gasteiger charge is -2.39. The molecule has 456 valence electrons. The molecule has 1 unspecified atom stereocenters. The van der Waals surface area contributed by atoms with Crippen LogP contribution in [0.25, 0.3) is 11.4 Å². The van der Waals surface area contributed by atoms with Crippen LogP contribution < -0.4 is 4.90 Å². The van der Waals surface area contributed by atoms with Crippen molar-refractivity contribution in [2.75, 3.05) is 77.9 Å². The molecule has 1 atom stereocenters. The summed E-state index contributed by atoms with van der Waals surface area (Å²) in [5, 5.41) is 0. The van der Waals surface area contributed by atoms with Crippen LogP contribution in [0.15, 0.2) is 157 Å². The van der Waals surface area contributed by atoms with Gasteiger partial charge >= 0.3 is 0 Å². The van der Waals surface area contributed by atoms with Crippen LogP contribution in [-0.4, -0.2) is 115 Å². The van der Waals surface area contributed by atoms with Crippen molar-refractivity contribution in [3.63, 3.8) is 0 Å². The number of likely N-dealkylation sites (N-methyl/N-ethyl adjacent to an activating group) is 1. The average Bonchev–Trinajstić information content (AvgIpc) is 4.10. The number of ketones is 2. The molecule has 4 fully saturated rings. The Kier molecular flexibility index (Phi) is 25.0. The fourth-order valence-corrected chi connectivity index (χ4v) is 12.8. The fourth-order valence-electron chi connectivity index (χ4n) is 12.4. The Hall–Kier alpha value is -6.15. The van der Waals surface area contributed by atoms with Gasteiger partial charge in [0.25, 0.3) is 0 Å². The number of hydrogen-bond acceptors (Lipinski definition) is 8. The zero-order chi connectivity index (χ0) is 61.0. The highest BCUT2D eigenvalue weighted by Gasteiger charge is 2.40. The van der Waals surface area contributed by atoms with Gasteiger partial charge in [-0.1, -0.05) is 140 Å². The second kappa shape index (κ2) is 32.0. The van der Waals surface area contributed by atoms with E-state index < -0.39 is 16.5 Å². The first-order chi connectivity index (χ1) is 40.9. The van der Waals surface area contributed by atoms with Crippen LogP contribution in [0.1, 0.15) is 154 Å². The number of aryl methyl sites for hydroxylation is 2. The monoisotopic (exact) mass is 1180 g/mol. The third kappa shape index (κ3) is 17.1. The topological polar surface area (TPSA) is 72.2 Å². The minimum Gasteiger partial charge on any atom is -0.379 e. The van der Waals surface area contributed by atoms with Gasteiger partial charge in [0.05, 0.1) is 48.9 Å². The molecule has 2 saturated heterocycles. The van der Waals surface area contributed by atoms with Gasteiger partial charge in [-0.3, -0.25) is 19.4 Å². The molecule has 85 heavy (non-hydrogen) atoms. The Balaban J connectivity index is 0.000000171. The van der Waals surface area contributed by atoms with Crippen LogP contribution in [0.3, 0.4) is 0 Å². The molecule has 11 rings (SSSR count). The van der Waals surface area contributed by atoms with E-state index in [0.29, 0.717) is 42.1 Å². The number of ether oxygens (including phenoxy) is 2. The van der Waals surface area contributed by atoms with Crippen molar-refractivity contribution < 1.29 is 27.8 Å². The van der Waals surface area contributed by atoms with E-state index in [-0.39, 0.29) is 23.2 Å². The quantitative estimate of drug-likeness (QED) is 0.0743. The molecule has 12 heteroatoms. The number of aromatic nitrogens is 2. The molecule has 2 aliphatic carbocycles. The summed E-state index contributed by atoms with van der Waals surface area (Å²) in [5.74, 6) is -0.276. The molecule has 7 aromatic rings. The number of carbonyl (C=O) groups excluding carboxylic acids is 2. The van der Waals surface area contributed by atoms with Crippen molar-refractivity contribution in [2.45, 2.75) is 147 Å². The van der Waals surface area contributed by atoms with Crippen LogP contribution in [0.2, 0.25) is 0 Å². The smallest absolute Gasteiger partial charge is 0.183 e. The van der Waals surface area contributed by atoms with E-state index in [1.54, 1.807) is 33.0 Å². The van der Waals surface area contributed by atoms with E-state index in [4.69, 9.17) is 9.47 Å². The Bertz CT molecular complexity index is 3010. The zero-order valence-electron chi connectivity index (χ0n) is 52.6. The summed E-state index contributed by atoms with van der Waals surface area (Å²) in [6.45, 7) is 20.0. The van der Waals surface area contributed by atoms with Gasteiger partial charge in [0.1, 0.15) is 0 Å². The lowest BCUT2D eigenvalue weighted by atomic mass is 9.73. The summed E-state index contributed by atoms with van der Waals surface area (Å²) in [6.07, 6.45) is 25.7. The molecular formula is C73H95F2N5O4S. The molecule has 0 radical (unpaired) electrons. The maximum atomic E-state index is 15.8. The third-order valence-corrected chi connectivity index (χ3v) is 18.3. The molecular weight excluding hydrogens is 1080 g/mol. The molecule has 0 N–H and O–H groups in total. The van der Waals surface area contributed by atoms with E-state index >= 15 is 8.78 Å². The Labute approximate surface area is 512 Å². The number of Topliss-reactive ketones (excluding diaryl/α,β-unsaturated/α-hetero) is 2. The maximum Gasteiger partial charge on any atom is 0.183 e. The average molecular weight is 1180 g/mol. The number of halogens is 2. The van der Waals surface area contributed by atoms with Crippen molar-refractivity contribution in [3.05, 3.63) is 203 Å². The van der Waals surface area contributed by atoms with E-state index in [2.05, 4.69) is 45.9 Å². The number of hydrogen-bond donors (Lipinski definition) is 0. The van der Waals surface area contributed by atoms with Crippen LogP contribution >= 0.6 is 11.8 Å². The zero-order valence-corrected chi connectivity index (χ0v) is 53.4. The van der Waals surface area contributed by atoms with Gasteiger partial charge < -0.3 is 23.5 Å². The van der Waals surface area contributed by atoms with Crippen LogP contribution in [0, 0.1) is 25.5 Å². The number of thioether (sulfide) groups is 1. The van der Waals surface area contributed by atoms with Gasteiger partial charge in [0.15, 0.2) is 23.2 Å². The summed E-state index contributed by atoms with van der Waals surface area (Å²) in [7, 11) is 4.01. The molecule has 2 saturated carbocycles. The summed E-state index contributed by atoms with van der Waals surface area (Å²) in [6, 6.07) is 41.0. The summed E-state index contributed by atoms with van der Waals surface area (Å²) < 4.78 is 45.8. The van der Waals surface area contributed by atoms with Gasteiger partial charge in [0.2, 0.25) is 0 Å². The van der Waals surface area contributed by atoms with Crippen molar-refractivity contribution >= 4 is 29.0 Å². The number of nitrogens with zero attached hydrogens (tertiary/aromatic N) is 5. The largest absolute Gasteiger partial charge is 0.379 e. The second-order valence-corrected chi connectivity index (χ2v) is 25.0.